The fourth-order valence-corrected chi connectivity index (χ4v) is 9.86. The lowest BCUT2D eigenvalue weighted by Gasteiger charge is -2.40. The van der Waals surface area contributed by atoms with Gasteiger partial charge < -0.3 is 105 Å². The maximum absolute atomic E-state index is 13.0. The summed E-state index contributed by atoms with van der Waals surface area (Å²) < 4.78 is 51.6. The Balaban J connectivity index is 1.43. The van der Waals surface area contributed by atoms with E-state index in [0.717, 1.165) is 0 Å². The summed E-state index contributed by atoms with van der Waals surface area (Å²) in [5.41, 5.74) is -0.893. The number of hydrogen-bond acceptors (Lipinski definition) is 24. The lowest BCUT2D eigenvalue weighted by Crippen LogP contribution is -2.55. The van der Waals surface area contributed by atoms with Gasteiger partial charge in [-0.15, -0.1) is 0 Å². The fraction of sp³-hybridized carbons (Fsp3) is 0.893. The van der Waals surface area contributed by atoms with Crippen molar-refractivity contribution in [2.45, 2.75) is 192 Å². The molecule has 6 unspecified atom stereocenters. The number of carbonyl (C=O) groups is 6. The van der Waals surface area contributed by atoms with Gasteiger partial charge in [0.15, 0.2) is 36.2 Å². The van der Waals surface area contributed by atoms with Crippen LogP contribution in [-0.4, -0.2) is 254 Å². The summed E-state index contributed by atoms with van der Waals surface area (Å²) >= 11 is 0. The molecule has 0 radical (unpaired) electrons. The van der Waals surface area contributed by atoms with E-state index in [-0.39, 0.29) is 159 Å². The third-order valence-electron chi connectivity index (χ3n) is 14.8. The molecule has 3 heterocycles. The minimum atomic E-state index is -1.25. The number of aliphatic hydroxyl groups excluding tert-OH is 9. The van der Waals surface area contributed by atoms with Crippen LogP contribution in [0.2, 0.25) is 0 Å². The van der Waals surface area contributed by atoms with Gasteiger partial charge in [-0.2, -0.15) is 0 Å². The van der Waals surface area contributed by atoms with Gasteiger partial charge in [-0.1, -0.05) is 34.6 Å². The zero-order valence-corrected chi connectivity index (χ0v) is 49.2. The van der Waals surface area contributed by atoms with Crippen molar-refractivity contribution in [3.8, 4) is 0 Å². The molecule has 0 spiro atoms. The Kier molecular flexibility index (Phi) is 35.8. The van der Waals surface area contributed by atoms with Crippen molar-refractivity contribution in [2.75, 3.05) is 98.9 Å². The molecular formula is C56H99N3O24. The number of amides is 3. The number of nitrogens with one attached hydrogen (secondary N) is 3. The summed E-state index contributed by atoms with van der Waals surface area (Å²) in [6, 6.07) is 0. The molecule has 0 aromatic carbocycles. The standard InChI is InChI=1S/C56H99N3O24/c1-34(2)24-56(31-75-28-38(63)12-6-18-57-44(66)15-9-21-78-53-35(3)47(69)50(72)41(25-60)81-53,32-76-29-39(64)13-7-19-58-45(67)16-10-22-79-54-36(4)48(70)51(73)42(26-61)82-54)33-77-30-40(65)14-8-20-59-46(68)17-11-23-80-55-37(5)49(71)52(74)43(27-62)83-55/h34-37,41-43,47-55,60-62,69-74H,6-33H2,1-5H3,(H,57,66)(H,58,67)(H,59,68)/t35?,36?,37?,41?,42?,43?,47-,48-,49-,50+,51+,52+,53-,54-,55-,56?/m1/s1. The van der Waals surface area contributed by atoms with Crippen LogP contribution in [0.15, 0.2) is 0 Å². The maximum Gasteiger partial charge on any atom is 0.220 e. The lowest BCUT2D eigenvalue weighted by molar-refractivity contribution is -0.282. The van der Waals surface area contributed by atoms with Crippen LogP contribution in [0, 0.1) is 29.1 Å². The largest absolute Gasteiger partial charge is 0.394 e. The molecule has 12 N–H and O–H groups in total. The average Bonchev–Trinajstić information content (AvgIpc) is 3.66. The van der Waals surface area contributed by atoms with Gasteiger partial charge in [0.05, 0.1) is 77.8 Å². The molecule has 0 bridgehead atoms. The Labute approximate surface area is 487 Å². The van der Waals surface area contributed by atoms with Crippen LogP contribution < -0.4 is 16.0 Å². The van der Waals surface area contributed by atoms with Gasteiger partial charge in [-0.05, 0) is 50.9 Å². The third-order valence-corrected chi connectivity index (χ3v) is 14.8. The van der Waals surface area contributed by atoms with E-state index < -0.39 is 117 Å². The van der Waals surface area contributed by atoms with E-state index in [1.807, 2.05) is 13.8 Å². The monoisotopic (exact) mass is 1200 g/mol. The molecule has 0 aromatic heterocycles. The van der Waals surface area contributed by atoms with Crippen LogP contribution in [0.4, 0.5) is 0 Å². The smallest absolute Gasteiger partial charge is 0.220 e. The topological polar surface area (TPSA) is 404 Å². The van der Waals surface area contributed by atoms with Crippen LogP contribution >= 0.6 is 0 Å². The molecule has 27 nitrogen and oxygen atoms in total. The SMILES string of the molecule is CC(C)CC(COCC(=O)CCCNC(=O)CCCO[C@@H]1OC(CO)[C@H](O)[C@H](O)C1C)(COCC(=O)CCCNC(=O)CCCO[C@@H]1OC(CO)[C@H](O)[C@H](O)C1C)COCC(=O)CCCNC(=O)CCCO[C@@H]1OC(CO)[C@H](O)[C@H](O)C1C. The van der Waals surface area contributed by atoms with Gasteiger partial charge in [0, 0.05) is 81.3 Å². The molecule has 3 amide bonds. The van der Waals surface area contributed by atoms with E-state index in [2.05, 4.69) is 16.0 Å². The zero-order valence-electron chi connectivity index (χ0n) is 49.2. The number of rotatable bonds is 44. The Hall–Kier alpha value is -3.30. The minimum Gasteiger partial charge on any atom is -0.394 e. The Bertz CT molecular complexity index is 1680. The molecule has 3 saturated heterocycles. The summed E-state index contributed by atoms with van der Waals surface area (Å²) in [6.07, 6.45) is -9.54. The van der Waals surface area contributed by atoms with Crippen LogP contribution in [0.1, 0.15) is 118 Å². The van der Waals surface area contributed by atoms with E-state index in [0.29, 0.717) is 44.9 Å². The summed E-state index contributed by atoms with van der Waals surface area (Å²) in [7, 11) is 0. The van der Waals surface area contributed by atoms with E-state index in [4.69, 9.17) is 42.6 Å². The summed E-state index contributed by atoms with van der Waals surface area (Å²) in [5.74, 6) is -3.05. The lowest BCUT2D eigenvalue weighted by atomic mass is 9.82. The van der Waals surface area contributed by atoms with E-state index >= 15 is 0 Å². The second kappa shape index (κ2) is 40.2. The van der Waals surface area contributed by atoms with Crippen LogP contribution in [0.3, 0.4) is 0 Å². The van der Waals surface area contributed by atoms with Gasteiger partial charge in [0.25, 0.3) is 0 Å². The zero-order chi connectivity index (χ0) is 61.5. The molecule has 15 atom stereocenters. The van der Waals surface area contributed by atoms with Gasteiger partial charge in [-0.25, -0.2) is 0 Å². The highest BCUT2D eigenvalue weighted by Gasteiger charge is 2.45. The number of ketones is 3. The highest BCUT2D eigenvalue weighted by Crippen LogP contribution is 2.31. The van der Waals surface area contributed by atoms with Gasteiger partial charge in [0.1, 0.15) is 56.4 Å². The third kappa shape index (κ3) is 27.1. The van der Waals surface area contributed by atoms with Gasteiger partial charge in [0.2, 0.25) is 17.7 Å². The van der Waals surface area contributed by atoms with E-state index in [1.165, 1.54) is 0 Å². The molecule has 3 rings (SSSR count). The molecule has 0 saturated carbocycles. The number of Topliss-reactive ketones (excluding diaryl/α,β-unsaturated/α-hetero) is 3. The van der Waals surface area contributed by atoms with Crippen molar-refractivity contribution in [3.05, 3.63) is 0 Å². The molecule has 3 aliphatic rings. The van der Waals surface area contributed by atoms with E-state index in [1.54, 1.807) is 20.8 Å². The first-order valence-corrected chi connectivity index (χ1v) is 29.4. The Morgan fingerprint density at radius 2 is 0.711 bits per heavy atom. The molecule has 3 aliphatic heterocycles. The maximum atomic E-state index is 13.0. The first kappa shape index (κ1) is 74.0. The molecular weight excluding hydrogens is 1100 g/mol. The minimum absolute atomic E-state index is 0.0148. The molecule has 0 aromatic rings. The molecule has 0 aliphatic carbocycles. The molecule has 482 valence electrons. The van der Waals surface area contributed by atoms with Crippen molar-refractivity contribution in [1.29, 1.82) is 0 Å². The highest BCUT2D eigenvalue weighted by atomic mass is 16.7. The second-order valence-corrected chi connectivity index (χ2v) is 22.7. The number of ether oxygens (including phenoxy) is 9. The predicted molar refractivity (Wildman–Crippen MR) is 292 cm³/mol. The normalized spacial score (nSPS) is 29.0. The van der Waals surface area contributed by atoms with Gasteiger partial charge >= 0.3 is 0 Å². The number of aliphatic hydroxyl groups is 9. The first-order chi connectivity index (χ1) is 39.6. The molecule has 27 heteroatoms. The highest BCUT2D eigenvalue weighted by molar-refractivity contribution is 5.81. The summed E-state index contributed by atoms with van der Waals surface area (Å²) in [4.78, 5) is 76.4. The number of carbonyl (C=O) groups excluding carboxylic acids is 6. The molecule has 83 heavy (non-hydrogen) atoms. The van der Waals surface area contributed by atoms with Crippen molar-refractivity contribution >= 4 is 35.1 Å². The van der Waals surface area contributed by atoms with Crippen LogP contribution in [0.5, 0.6) is 0 Å². The fourth-order valence-electron chi connectivity index (χ4n) is 9.86. The summed E-state index contributed by atoms with van der Waals surface area (Å²) in [6.45, 7) is 7.68. The van der Waals surface area contributed by atoms with Crippen LogP contribution in [-0.2, 0) is 71.4 Å². The van der Waals surface area contributed by atoms with Gasteiger partial charge in [-0.3, -0.25) is 28.8 Å². The van der Waals surface area contributed by atoms with Crippen LogP contribution in [0.25, 0.3) is 0 Å². The Morgan fingerprint density at radius 1 is 0.434 bits per heavy atom. The number of hydrogen-bond donors (Lipinski definition) is 12. The first-order valence-electron chi connectivity index (χ1n) is 29.4. The average molecular weight is 1200 g/mol. The predicted octanol–water partition coefficient (Wildman–Crippen LogP) is -1.92. The Morgan fingerprint density at radius 3 is 0.964 bits per heavy atom. The summed E-state index contributed by atoms with van der Waals surface area (Å²) in [5, 5.41) is 97.4. The van der Waals surface area contributed by atoms with Crippen molar-refractivity contribution in [3.63, 3.8) is 0 Å². The van der Waals surface area contributed by atoms with Crippen molar-refractivity contribution in [1.82, 2.24) is 16.0 Å². The quantitative estimate of drug-likeness (QED) is 0.0296. The second-order valence-electron chi connectivity index (χ2n) is 22.7. The van der Waals surface area contributed by atoms with Crippen molar-refractivity contribution in [2.24, 2.45) is 29.1 Å². The molecule has 3 fully saturated rings. The van der Waals surface area contributed by atoms with Crippen molar-refractivity contribution < 1.29 is 117 Å². The van der Waals surface area contributed by atoms with E-state index in [9.17, 15) is 74.7 Å².